The molecule has 0 unspecified atom stereocenters. The van der Waals surface area contributed by atoms with Crippen LogP contribution in [0.3, 0.4) is 0 Å². The Morgan fingerprint density at radius 1 is 1.10 bits per heavy atom. The first kappa shape index (κ1) is 27.9. The Morgan fingerprint density at radius 3 is 2.67 bits per heavy atom. The van der Waals surface area contributed by atoms with Crippen LogP contribution in [0.25, 0.3) is 11.3 Å². The van der Waals surface area contributed by atoms with E-state index in [-0.39, 0.29) is 29.0 Å². The number of aromatic nitrogens is 2. The van der Waals surface area contributed by atoms with E-state index < -0.39 is 23.5 Å². The van der Waals surface area contributed by atoms with Gasteiger partial charge in [0.05, 0.1) is 11.5 Å². The molecule has 212 valence electrons. The number of carbonyl (C=O) groups excluding carboxylic acids is 2. The van der Waals surface area contributed by atoms with E-state index in [1.807, 2.05) is 18.2 Å². The van der Waals surface area contributed by atoms with E-state index in [1.54, 1.807) is 18.1 Å². The number of piperidine rings is 1. The molecule has 0 radical (unpaired) electrons. The van der Waals surface area contributed by atoms with Gasteiger partial charge < -0.3 is 14.7 Å². The largest absolute Gasteiger partial charge is 0.355 e. The van der Waals surface area contributed by atoms with Crippen molar-refractivity contribution >= 4 is 11.8 Å². The van der Waals surface area contributed by atoms with E-state index >= 15 is 0 Å². The molecule has 1 aliphatic heterocycles. The van der Waals surface area contributed by atoms with Crippen LogP contribution < -0.4 is 5.32 Å². The maximum absolute atomic E-state index is 14.2. The Hall–Kier alpha value is -3.66. The third-order valence-corrected chi connectivity index (χ3v) is 8.11. The van der Waals surface area contributed by atoms with Gasteiger partial charge in [0.2, 0.25) is 5.91 Å². The van der Waals surface area contributed by atoms with Crippen molar-refractivity contribution in [1.82, 2.24) is 25.3 Å². The number of pyridine rings is 1. The van der Waals surface area contributed by atoms with Gasteiger partial charge in [0.1, 0.15) is 11.6 Å². The highest BCUT2D eigenvalue weighted by Crippen LogP contribution is 2.29. The molecule has 40 heavy (non-hydrogen) atoms. The molecule has 1 saturated carbocycles. The predicted molar refractivity (Wildman–Crippen MR) is 145 cm³/mol. The van der Waals surface area contributed by atoms with E-state index in [0.29, 0.717) is 32.0 Å². The molecule has 2 aliphatic rings. The predicted octanol–water partition coefficient (Wildman–Crippen LogP) is 4.47. The monoisotopic (exact) mass is 551 g/mol. The summed E-state index contributed by atoms with van der Waals surface area (Å²) >= 11 is 0. The van der Waals surface area contributed by atoms with Crippen LogP contribution in [-0.4, -0.2) is 70.5 Å². The van der Waals surface area contributed by atoms with Crippen LogP contribution in [0, 0.1) is 17.6 Å². The quantitative estimate of drug-likeness (QED) is 0.444. The average molecular weight is 552 g/mol. The molecule has 2 amide bonds. The van der Waals surface area contributed by atoms with Crippen molar-refractivity contribution < 1.29 is 22.9 Å². The van der Waals surface area contributed by atoms with Crippen LogP contribution in [0.1, 0.15) is 54.7 Å². The molecule has 0 bridgehead atoms. The maximum atomic E-state index is 14.2. The minimum absolute atomic E-state index is 0.0105. The Balaban J connectivity index is 1.29. The SMILES string of the molecule is CN(CCc1ccccn1)C(=O)[C@H]1CN(C2CCCCC2)CC[C@@H]1NC(=O)c1cc(-c2ccc(F)cc2F)on1. The number of hydrogen-bond donors (Lipinski definition) is 1. The standard InChI is InChI=1S/C30H35F2N5O3/c1-36(15-12-21-7-5-6-14-33-21)30(39)24-19-37(22-8-3-2-4-9-22)16-13-26(24)34-29(38)27-18-28(40-35-27)23-11-10-20(31)17-25(23)32/h5-7,10-11,14,17-18,22,24,26H,2-4,8-9,12-13,15-16,19H2,1H3,(H,34,38)/t24-,26-/m0/s1. The fourth-order valence-electron chi connectivity index (χ4n) is 5.84. The van der Waals surface area contributed by atoms with Gasteiger partial charge in [-0.05, 0) is 43.5 Å². The van der Waals surface area contributed by atoms with Crippen molar-refractivity contribution in [2.75, 3.05) is 26.7 Å². The molecule has 1 aromatic carbocycles. The summed E-state index contributed by atoms with van der Waals surface area (Å²) in [6.45, 7) is 1.89. The zero-order valence-corrected chi connectivity index (χ0v) is 22.7. The Bertz CT molecular complexity index is 1310. The topological polar surface area (TPSA) is 91.6 Å². The van der Waals surface area contributed by atoms with Crippen LogP contribution in [0.4, 0.5) is 8.78 Å². The van der Waals surface area contributed by atoms with E-state index in [9.17, 15) is 18.4 Å². The molecule has 2 atom stereocenters. The maximum Gasteiger partial charge on any atom is 0.273 e. The summed E-state index contributed by atoms with van der Waals surface area (Å²) in [7, 11) is 1.80. The molecule has 3 aromatic rings. The van der Waals surface area contributed by atoms with E-state index in [2.05, 4.69) is 20.4 Å². The lowest BCUT2D eigenvalue weighted by Gasteiger charge is -2.43. The number of halogens is 2. The van der Waals surface area contributed by atoms with Crippen molar-refractivity contribution in [2.45, 2.75) is 57.0 Å². The molecule has 3 heterocycles. The first-order chi connectivity index (χ1) is 19.4. The van der Waals surface area contributed by atoms with Gasteiger partial charge in [0.25, 0.3) is 5.91 Å². The van der Waals surface area contributed by atoms with E-state index in [4.69, 9.17) is 4.52 Å². The Morgan fingerprint density at radius 2 is 1.93 bits per heavy atom. The van der Waals surface area contributed by atoms with Crippen molar-refractivity contribution in [3.8, 4) is 11.3 Å². The van der Waals surface area contributed by atoms with Gasteiger partial charge in [0, 0.05) is 69.2 Å². The Labute approximate surface area is 232 Å². The third kappa shape index (κ3) is 6.55. The van der Waals surface area contributed by atoms with Gasteiger partial charge in [-0.25, -0.2) is 8.78 Å². The van der Waals surface area contributed by atoms with Crippen molar-refractivity contribution in [1.29, 1.82) is 0 Å². The van der Waals surface area contributed by atoms with E-state index in [1.165, 1.54) is 31.4 Å². The lowest BCUT2D eigenvalue weighted by Crippen LogP contribution is -2.58. The van der Waals surface area contributed by atoms with Crippen LogP contribution in [0.2, 0.25) is 0 Å². The van der Waals surface area contributed by atoms with Gasteiger partial charge in [0.15, 0.2) is 11.5 Å². The van der Waals surface area contributed by atoms with Crippen LogP contribution >= 0.6 is 0 Å². The number of rotatable bonds is 8. The summed E-state index contributed by atoms with van der Waals surface area (Å²) in [5.41, 5.74) is 0.901. The summed E-state index contributed by atoms with van der Waals surface area (Å²) in [6.07, 6.45) is 8.93. The number of carbonyl (C=O) groups is 2. The summed E-state index contributed by atoms with van der Waals surface area (Å²) in [4.78, 5) is 35.5. The highest BCUT2D eigenvalue weighted by atomic mass is 19.1. The fourth-order valence-corrected chi connectivity index (χ4v) is 5.84. The average Bonchev–Trinajstić information content (AvgIpc) is 3.47. The third-order valence-electron chi connectivity index (χ3n) is 8.11. The number of likely N-dealkylation sites (N-methyl/N-ethyl adjacent to an activating group) is 1. The van der Waals surface area contributed by atoms with Crippen molar-refractivity contribution in [3.05, 3.63) is 71.7 Å². The zero-order valence-electron chi connectivity index (χ0n) is 22.7. The molecular weight excluding hydrogens is 516 g/mol. The number of hydrogen-bond acceptors (Lipinski definition) is 6. The van der Waals surface area contributed by atoms with E-state index in [0.717, 1.165) is 37.2 Å². The summed E-state index contributed by atoms with van der Waals surface area (Å²) in [6, 6.07) is 10.2. The molecule has 1 aliphatic carbocycles. The van der Waals surface area contributed by atoms with Gasteiger partial charge >= 0.3 is 0 Å². The van der Waals surface area contributed by atoms with Crippen LogP contribution in [0.5, 0.6) is 0 Å². The van der Waals surface area contributed by atoms with Crippen LogP contribution in [0.15, 0.2) is 53.2 Å². The molecule has 8 nitrogen and oxygen atoms in total. The summed E-state index contributed by atoms with van der Waals surface area (Å²) in [5, 5.41) is 6.82. The van der Waals surface area contributed by atoms with Gasteiger partial charge in [-0.15, -0.1) is 0 Å². The number of amides is 2. The number of likely N-dealkylation sites (tertiary alicyclic amines) is 1. The highest BCUT2D eigenvalue weighted by molar-refractivity contribution is 5.94. The second-order valence-electron chi connectivity index (χ2n) is 10.8. The van der Waals surface area contributed by atoms with Crippen molar-refractivity contribution in [2.24, 2.45) is 5.92 Å². The van der Waals surface area contributed by atoms with Gasteiger partial charge in [-0.2, -0.15) is 0 Å². The first-order valence-corrected chi connectivity index (χ1v) is 14.0. The lowest BCUT2D eigenvalue weighted by molar-refractivity contribution is -0.137. The molecular formula is C30H35F2N5O3. The summed E-state index contributed by atoms with van der Waals surface area (Å²) < 4.78 is 32.7. The van der Waals surface area contributed by atoms with Crippen molar-refractivity contribution in [3.63, 3.8) is 0 Å². The molecule has 2 aromatic heterocycles. The minimum atomic E-state index is -0.808. The second-order valence-corrected chi connectivity index (χ2v) is 10.8. The van der Waals surface area contributed by atoms with Crippen LogP contribution in [-0.2, 0) is 11.2 Å². The van der Waals surface area contributed by atoms with Gasteiger partial charge in [-0.1, -0.05) is 30.5 Å². The lowest BCUT2D eigenvalue weighted by atomic mass is 9.86. The first-order valence-electron chi connectivity index (χ1n) is 14.0. The molecule has 2 fully saturated rings. The second kappa shape index (κ2) is 12.7. The molecule has 1 N–H and O–H groups in total. The normalized spacial score (nSPS) is 20.3. The minimum Gasteiger partial charge on any atom is -0.355 e. The molecule has 5 rings (SSSR count). The fraction of sp³-hybridized carbons (Fsp3) is 0.467. The smallest absolute Gasteiger partial charge is 0.273 e. The zero-order chi connectivity index (χ0) is 28.1. The Kier molecular flexibility index (Phi) is 8.84. The number of benzene rings is 1. The molecule has 1 saturated heterocycles. The number of nitrogens with one attached hydrogen (secondary N) is 1. The summed E-state index contributed by atoms with van der Waals surface area (Å²) in [5.74, 6) is -2.43. The molecule has 0 spiro atoms. The van der Waals surface area contributed by atoms with Gasteiger partial charge in [-0.3, -0.25) is 19.5 Å². The highest BCUT2D eigenvalue weighted by Gasteiger charge is 2.39. The molecule has 10 heteroatoms. The number of nitrogens with zero attached hydrogens (tertiary/aromatic N) is 4.